The van der Waals surface area contributed by atoms with Gasteiger partial charge in [-0.3, -0.25) is 4.79 Å². The summed E-state index contributed by atoms with van der Waals surface area (Å²) in [5.41, 5.74) is 3.46. The smallest absolute Gasteiger partial charge is 0.166 e. The maximum atomic E-state index is 12.6. The van der Waals surface area contributed by atoms with Crippen molar-refractivity contribution in [1.29, 1.82) is 0 Å². The van der Waals surface area contributed by atoms with E-state index in [0.29, 0.717) is 17.6 Å². The maximum absolute atomic E-state index is 12.6. The topological polar surface area (TPSA) is 17.1 Å². The van der Waals surface area contributed by atoms with Crippen LogP contribution in [0.2, 0.25) is 0 Å². The molecule has 0 amide bonds. The number of hydrogen-bond donors (Lipinski definition) is 0. The van der Waals surface area contributed by atoms with Crippen LogP contribution in [0, 0.1) is 11.8 Å². The molecule has 108 valence electrons. The molecule has 2 aromatic carbocycles. The molecule has 1 aliphatic rings. The normalized spacial score (nSPS) is 20.5. The second kappa shape index (κ2) is 5.85. The molecular formula is C20H22O. The van der Waals surface area contributed by atoms with Gasteiger partial charge < -0.3 is 0 Å². The highest BCUT2D eigenvalue weighted by Crippen LogP contribution is 2.49. The minimum atomic E-state index is 0.182. The minimum absolute atomic E-state index is 0.182. The number of carbonyl (C=O) groups excluding carboxylic acids is 1. The lowest BCUT2D eigenvalue weighted by atomic mass is 9.97. The summed E-state index contributed by atoms with van der Waals surface area (Å²) in [5, 5.41) is 0. The quantitative estimate of drug-likeness (QED) is 0.713. The first kappa shape index (κ1) is 14.1. The molecule has 2 unspecified atom stereocenters. The summed E-state index contributed by atoms with van der Waals surface area (Å²) in [6.07, 6.45) is 2.03. The van der Waals surface area contributed by atoms with Gasteiger partial charge >= 0.3 is 0 Å². The average Bonchev–Trinajstić information content (AvgIpc) is 3.27. The highest BCUT2D eigenvalue weighted by molar-refractivity contribution is 6.00. The monoisotopic (exact) mass is 278 g/mol. The molecule has 0 radical (unpaired) electrons. The zero-order chi connectivity index (χ0) is 14.8. The van der Waals surface area contributed by atoms with Crippen molar-refractivity contribution in [2.45, 2.75) is 32.6 Å². The summed E-state index contributed by atoms with van der Waals surface area (Å²) < 4.78 is 0. The molecule has 0 aliphatic heterocycles. The van der Waals surface area contributed by atoms with Crippen LogP contribution in [0.5, 0.6) is 0 Å². The summed E-state index contributed by atoms with van der Waals surface area (Å²) in [4.78, 5) is 12.6. The number of ketones is 1. The molecule has 0 heterocycles. The fourth-order valence-electron chi connectivity index (χ4n) is 3.09. The van der Waals surface area contributed by atoms with Crippen LogP contribution in [0.4, 0.5) is 0 Å². The lowest BCUT2D eigenvalue weighted by Crippen LogP contribution is -2.04. The van der Waals surface area contributed by atoms with Crippen molar-refractivity contribution < 1.29 is 4.79 Å². The van der Waals surface area contributed by atoms with Gasteiger partial charge in [-0.25, -0.2) is 0 Å². The summed E-state index contributed by atoms with van der Waals surface area (Å²) in [5.74, 6) is 1.54. The van der Waals surface area contributed by atoms with E-state index in [-0.39, 0.29) is 5.92 Å². The van der Waals surface area contributed by atoms with Crippen LogP contribution in [-0.4, -0.2) is 5.78 Å². The van der Waals surface area contributed by atoms with Gasteiger partial charge in [0, 0.05) is 11.5 Å². The van der Waals surface area contributed by atoms with E-state index >= 15 is 0 Å². The first-order chi connectivity index (χ1) is 10.1. The predicted molar refractivity (Wildman–Crippen MR) is 86.6 cm³/mol. The van der Waals surface area contributed by atoms with E-state index in [2.05, 4.69) is 50.2 Å². The lowest BCUT2D eigenvalue weighted by molar-refractivity contribution is 0.0965. The van der Waals surface area contributed by atoms with Crippen LogP contribution >= 0.6 is 0 Å². The number of rotatable bonds is 5. The fraction of sp³-hybridized carbons (Fsp3) is 0.350. The Morgan fingerprint density at radius 1 is 1.10 bits per heavy atom. The van der Waals surface area contributed by atoms with Crippen molar-refractivity contribution in [2.24, 2.45) is 11.8 Å². The van der Waals surface area contributed by atoms with Crippen LogP contribution in [0.15, 0.2) is 54.6 Å². The predicted octanol–water partition coefficient (Wildman–Crippen LogP) is 4.87. The maximum Gasteiger partial charge on any atom is 0.166 e. The summed E-state index contributed by atoms with van der Waals surface area (Å²) in [7, 11) is 0. The van der Waals surface area contributed by atoms with E-state index in [0.717, 1.165) is 18.4 Å². The Labute approximate surface area is 127 Å². The van der Waals surface area contributed by atoms with Crippen LogP contribution in [0.25, 0.3) is 0 Å². The van der Waals surface area contributed by atoms with Gasteiger partial charge in [0.1, 0.15) is 0 Å². The number of benzene rings is 2. The molecule has 1 heteroatoms. The van der Waals surface area contributed by atoms with Crippen molar-refractivity contribution in [3.05, 3.63) is 71.3 Å². The standard InChI is InChI=1S/C20H22O/c1-14(2)11-15-7-6-10-17(12-15)20(21)19-13-18(19)16-8-4-3-5-9-16/h3-10,12,14,18-19H,11,13H2,1-2H3. The molecule has 1 nitrogen and oxygen atoms in total. The van der Waals surface area contributed by atoms with Gasteiger partial charge in [-0.1, -0.05) is 62.4 Å². The van der Waals surface area contributed by atoms with Gasteiger partial charge in [0.15, 0.2) is 5.78 Å². The molecule has 21 heavy (non-hydrogen) atoms. The first-order valence-electron chi connectivity index (χ1n) is 7.83. The molecule has 0 N–H and O–H groups in total. The molecule has 0 aromatic heterocycles. The van der Waals surface area contributed by atoms with Crippen molar-refractivity contribution in [3.8, 4) is 0 Å². The van der Waals surface area contributed by atoms with Crippen molar-refractivity contribution in [2.75, 3.05) is 0 Å². The van der Waals surface area contributed by atoms with Gasteiger partial charge in [-0.15, -0.1) is 0 Å². The van der Waals surface area contributed by atoms with Gasteiger partial charge in [-0.05, 0) is 41.9 Å². The second-order valence-electron chi connectivity index (χ2n) is 6.52. The Kier molecular flexibility index (Phi) is 3.92. The fourth-order valence-corrected chi connectivity index (χ4v) is 3.09. The molecule has 1 saturated carbocycles. The van der Waals surface area contributed by atoms with E-state index in [1.165, 1.54) is 11.1 Å². The Morgan fingerprint density at radius 3 is 2.57 bits per heavy atom. The van der Waals surface area contributed by atoms with E-state index in [4.69, 9.17) is 0 Å². The number of Topliss-reactive ketones (excluding diaryl/α,β-unsaturated/α-hetero) is 1. The van der Waals surface area contributed by atoms with Crippen LogP contribution in [0.3, 0.4) is 0 Å². The molecule has 0 saturated heterocycles. The average molecular weight is 278 g/mol. The molecule has 3 rings (SSSR count). The van der Waals surface area contributed by atoms with Crippen molar-refractivity contribution in [1.82, 2.24) is 0 Å². The van der Waals surface area contributed by atoms with E-state index in [1.807, 2.05) is 18.2 Å². The van der Waals surface area contributed by atoms with Gasteiger partial charge in [0.05, 0.1) is 0 Å². The minimum Gasteiger partial charge on any atom is -0.294 e. The SMILES string of the molecule is CC(C)Cc1cccc(C(=O)C2CC2c2ccccc2)c1. The summed E-state index contributed by atoms with van der Waals surface area (Å²) in [6, 6.07) is 18.6. The van der Waals surface area contributed by atoms with E-state index < -0.39 is 0 Å². The highest BCUT2D eigenvalue weighted by atomic mass is 16.1. The molecule has 2 aromatic rings. The highest BCUT2D eigenvalue weighted by Gasteiger charge is 2.43. The molecule has 1 fully saturated rings. The van der Waals surface area contributed by atoms with E-state index in [9.17, 15) is 4.79 Å². The molecular weight excluding hydrogens is 256 g/mol. The lowest BCUT2D eigenvalue weighted by Gasteiger charge is -2.07. The van der Waals surface area contributed by atoms with Crippen molar-refractivity contribution >= 4 is 5.78 Å². The second-order valence-corrected chi connectivity index (χ2v) is 6.52. The molecule has 2 atom stereocenters. The Bertz CT molecular complexity index is 627. The Morgan fingerprint density at radius 2 is 1.86 bits per heavy atom. The third-order valence-corrected chi connectivity index (χ3v) is 4.21. The van der Waals surface area contributed by atoms with Crippen molar-refractivity contribution in [3.63, 3.8) is 0 Å². The van der Waals surface area contributed by atoms with Gasteiger partial charge in [0.25, 0.3) is 0 Å². The molecule has 0 spiro atoms. The number of hydrogen-bond acceptors (Lipinski definition) is 1. The zero-order valence-corrected chi connectivity index (χ0v) is 12.8. The molecule has 1 aliphatic carbocycles. The largest absolute Gasteiger partial charge is 0.294 e. The zero-order valence-electron chi connectivity index (χ0n) is 12.8. The van der Waals surface area contributed by atoms with Gasteiger partial charge in [-0.2, -0.15) is 0 Å². The van der Waals surface area contributed by atoms with Crippen LogP contribution < -0.4 is 0 Å². The summed E-state index contributed by atoms with van der Waals surface area (Å²) in [6.45, 7) is 4.42. The van der Waals surface area contributed by atoms with Crippen LogP contribution in [-0.2, 0) is 6.42 Å². The summed E-state index contributed by atoms with van der Waals surface area (Å²) >= 11 is 0. The van der Waals surface area contributed by atoms with E-state index in [1.54, 1.807) is 0 Å². The van der Waals surface area contributed by atoms with Crippen LogP contribution in [0.1, 0.15) is 47.7 Å². The molecule has 0 bridgehead atoms. The Hall–Kier alpha value is -1.89. The van der Waals surface area contributed by atoms with Gasteiger partial charge in [0.2, 0.25) is 0 Å². The number of carbonyl (C=O) groups is 1. The Balaban J connectivity index is 1.72. The third kappa shape index (κ3) is 3.24. The third-order valence-electron chi connectivity index (χ3n) is 4.21. The first-order valence-corrected chi connectivity index (χ1v) is 7.83.